The van der Waals surface area contributed by atoms with Crippen molar-refractivity contribution in [3.8, 4) is 5.69 Å². The van der Waals surface area contributed by atoms with E-state index in [9.17, 15) is 18.0 Å². The number of hydrogen-bond acceptors (Lipinski definition) is 5. The molecule has 0 aliphatic heterocycles. The first kappa shape index (κ1) is 24.3. The Bertz CT molecular complexity index is 1260. The monoisotopic (exact) mass is 468 g/mol. The number of carbonyl (C=O) groups excluding carboxylic acids is 2. The number of hydrogen-bond donors (Lipinski definition) is 1. The number of nitrogens with zero attached hydrogens (tertiary/aromatic N) is 3. The molecule has 0 aliphatic rings. The molecule has 1 N–H and O–H groups in total. The predicted octanol–water partition coefficient (Wildman–Crippen LogP) is 3.02. The lowest BCUT2D eigenvalue weighted by Crippen LogP contribution is -2.33. The minimum Gasteiger partial charge on any atom is -0.345 e. The fourth-order valence-corrected chi connectivity index (χ4v) is 4.76. The molecule has 174 valence electrons. The molecule has 0 atom stereocenters. The Morgan fingerprint density at radius 2 is 1.64 bits per heavy atom. The lowest BCUT2D eigenvalue weighted by Gasteiger charge is -2.21. The first-order valence-electron chi connectivity index (χ1n) is 10.5. The van der Waals surface area contributed by atoms with E-state index < -0.39 is 21.7 Å². The third-order valence-electron chi connectivity index (χ3n) is 5.51. The van der Waals surface area contributed by atoms with Gasteiger partial charge < -0.3 is 5.32 Å². The van der Waals surface area contributed by atoms with Crippen LogP contribution in [0.1, 0.15) is 41.2 Å². The van der Waals surface area contributed by atoms with E-state index in [0.29, 0.717) is 17.0 Å². The molecule has 1 heterocycles. The highest BCUT2D eigenvalue weighted by Gasteiger charge is 2.25. The third-order valence-corrected chi connectivity index (χ3v) is 7.55. The van der Waals surface area contributed by atoms with Crippen LogP contribution in [-0.4, -0.2) is 47.3 Å². The molecule has 0 saturated heterocycles. The second-order valence-electron chi connectivity index (χ2n) is 8.06. The average molecular weight is 469 g/mol. The van der Waals surface area contributed by atoms with Crippen molar-refractivity contribution in [3.63, 3.8) is 0 Å². The number of carbonyl (C=O) groups is 2. The molecule has 0 radical (unpaired) electrons. The summed E-state index contributed by atoms with van der Waals surface area (Å²) in [5.74, 6) is -1.41. The van der Waals surface area contributed by atoms with Crippen molar-refractivity contribution < 1.29 is 18.0 Å². The van der Waals surface area contributed by atoms with E-state index in [0.717, 1.165) is 5.69 Å². The van der Waals surface area contributed by atoms with Gasteiger partial charge in [0.05, 0.1) is 27.5 Å². The number of benzene rings is 2. The Morgan fingerprint density at radius 3 is 2.21 bits per heavy atom. The predicted molar refractivity (Wildman–Crippen MR) is 126 cm³/mol. The highest BCUT2D eigenvalue weighted by Crippen LogP contribution is 2.19. The molecule has 0 bridgehead atoms. The summed E-state index contributed by atoms with van der Waals surface area (Å²) < 4.78 is 28.1. The van der Waals surface area contributed by atoms with Crippen molar-refractivity contribution in [3.05, 3.63) is 77.1 Å². The molecule has 3 aromatic rings. The normalized spacial score (nSPS) is 11.7. The van der Waals surface area contributed by atoms with Crippen LogP contribution in [0.2, 0.25) is 0 Å². The van der Waals surface area contributed by atoms with Crippen molar-refractivity contribution in [1.29, 1.82) is 0 Å². The van der Waals surface area contributed by atoms with Crippen molar-refractivity contribution >= 4 is 21.7 Å². The van der Waals surface area contributed by atoms with Gasteiger partial charge in [-0.25, -0.2) is 13.1 Å². The van der Waals surface area contributed by atoms with Crippen molar-refractivity contribution in [1.82, 2.24) is 19.4 Å². The molecular formula is C24H28N4O4S. The number of aryl methyl sites for hydroxylation is 1. The van der Waals surface area contributed by atoms with Gasteiger partial charge in [0, 0.05) is 19.6 Å². The highest BCUT2D eigenvalue weighted by atomic mass is 32.2. The fourth-order valence-electron chi connectivity index (χ4n) is 3.39. The standard InChI is InChI=1S/C24H28N4O4S/c1-16(2)27(5)33(31,32)21-13-11-19(12-14-21)15-25-24(30)23(29)22-17(3)26-28(18(22)4)20-9-7-6-8-10-20/h6-14,16H,15H2,1-5H3,(H,25,30). The summed E-state index contributed by atoms with van der Waals surface area (Å²) in [5, 5.41) is 7.03. The van der Waals surface area contributed by atoms with E-state index in [4.69, 9.17) is 0 Å². The first-order valence-corrected chi connectivity index (χ1v) is 12.0. The van der Waals surface area contributed by atoms with Crippen LogP contribution in [-0.2, 0) is 21.4 Å². The van der Waals surface area contributed by atoms with Crippen LogP contribution in [0.15, 0.2) is 59.5 Å². The van der Waals surface area contributed by atoms with Gasteiger partial charge in [-0.2, -0.15) is 9.40 Å². The summed E-state index contributed by atoms with van der Waals surface area (Å²) in [4.78, 5) is 25.6. The summed E-state index contributed by atoms with van der Waals surface area (Å²) in [6.45, 7) is 7.13. The molecule has 1 aromatic heterocycles. The Morgan fingerprint density at radius 1 is 1.03 bits per heavy atom. The Hall–Kier alpha value is -3.30. The second kappa shape index (κ2) is 9.68. The summed E-state index contributed by atoms with van der Waals surface area (Å²) in [7, 11) is -2.05. The molecule has 0 spiro atoms. The van der Waals surface area contributed by atoms with Crippen LogP contribution in [0.4, 0.5) is 0 Å². The number of rotatable bonds is 8. The number of nitrogens with one attached hydrogen (secondary N) is 1. The van der Waals surface area contributed by atoms with E-state index >= 15 is 0 Å². The smallest absolute Gasteiger partial charge is 0.292 e. The molecule has 0 saturated carbocycles. The minimum atomic E-state index is -3.58. The molecule has 2 aromatic carbocycles. The van der Waals surface area contributed by atoms with Crippen LogP contribution < -0.4 is 5.32 Å². The van der Waals surface area contributed by atoms with E-state index in [1.807, 2.05) is 30.3 Å². The number of sulfonamides is 1. The molecule has 0 fully saturated rings. The van der Waals surface area contributed by atoms with Crippen LogP contribution in [0, 0.1) is 13.8 Å². The lowest BCUT2D eigenvalue weighted by atomic mass is 10.1. The zero-order valence-electron chi connectivity index (χ0n) is 19.4. The number of para-hydroxylation sites is 1. The number of Topliss-reactive ketones (excluding diaryl/α,β-unsaturated/α-hetero) is 1. The van der Waals surface area contributed by atoms with E-state index in [-0.39, 0.29) is 23.0 Å². The number of ketones is 1. The summed E-state index contributed by atoms with van der Waals surface area (Å²) in [5.41, 5.74) is 2.81. The lowest BCUT2D eigenvalue weighted by molar-refractivity contribution is -0.117. The van der Waals surface area contributed by atoms with Crippen LogP contribution in [0.25, 0.3) is 5.69 Å². The largest absolute Gasteiger partial charge is 0.345 e. The summed E-state index contributed by atoms with van der Waals surface area (Å²) >= 11 is 0. The van der Waals surface area contributed by atoms with E-state index in [1.165, 1.54) is 23.5 Å². The van der Waals surface area contributed by atoms with Gasteiger partial charge in [0.15, 0.2) is 0 Å². The fraction of sp³-hybridized carbons (Fsp3) is 0.292. The number of amides is 1. The third kappa shape index (κ3) is 5.04. The van der Waals surface area contributed by atoms with Crippen molar-refractivity contribution in [2.45, 2.75) is 45.2 Å². The summed E-state index contributed by atoms with van der Waals surface area (Å²) in [6.07, 6.45) is 0. The Balaban J connectivity index is 1.71. The van der Waals surface area contributed by atoms with Crippen LogP contribution in [0.3, 0.4) is 0 Å². The maximum Gasteiger partial charge on any atom is 0.292 e. The maximum atomic E-state index is 12.8. The molecule has 8 nitrogen and oxygen atoms in total. The van der Waals surface area contributed by atoms with Crippen molar-refractivity contribution in [2.24, 2.45) is 0 Å². The molecule has 9 heteroatoms. The quantitative estimate of drug-likeness (QED) is 0.405. The molecule has 0 aliphatic carbocycles. The molecule has 0 unspecified atom stereocenters. The van der Waals surface area contributed by atoms with Gasteiger partial charge in [0.1, 0.15) is 0 Å². The molecule has 1 amide bonds. The zero-order chi connectivity index (χ0) is 24.3. The van der Waals surface area contributed by atoms with Gasteiger partial charge in [-0.05, 0) is 57.5 Å². The molecule has 3 rings (SSSR count). The van der Waals surface area contributed by atoms with Gasteiger partial charge in [0.2, 0.25) is 10.0 Å². The minimum absolute atomic E-state index is 0.0931. The second-order valence-corrected chi connectivity index (χ2v) is 10.1. The SMILES string of the molecule is Cc1nn(-c2ccccc2)c(C)c1C(=O)C(=O)NCc1ccc(S(=O)(=O)N(C)C(C)C)cc1. The maximum absolute atomic E-state index is 12.8. The Labute approximate surface area is 194 Å². The average Bonchev–Trinajstić information content (AvgIpc) is 3.10. The molecule has 33 heavy (non-hydrogen) atoms. The van der Waals surface area contributed by atoms with Crippen LogP contribution >= 0.6 is 0 Å². The topological polar surface area (TPSA) is 101 Å². The van der Waals surface area contributed by atoms with E-state index in [1.54, 1.807) is 44.5 Å². The number of aromatic nitrogens is 2. The highest BCUT2D eigenvalue weighted by molar-refractivity contribution is 7.89. The van der Waals surface area contributed by atoms with Gasteiger partial charge in [-0.1, -0.05) is 30.3 Å². The van der Waals surface area contributed by atoms with Gasteiger partial charge in [-0.15, -0.1) is 0 Å². The van der Waals surface area contributed by atoms with E-state index in [2.05, 4.69) is 10.4 Å². The zero-order valence-corrected chi connectivity index (χ0v) is 20.2. The van der Waals surface area contributed by atoms with Gasteiger partial charge >= 0.3 is 0 Å². The molecular weight excluding hydrogens is 440 g/mol. The van der Waals surface area contributed by atoms with Crippen LogP contribution in [0.5, 0.6) is 0 Å². The van der Waals surface area contributed by atoms with Gasteiger partial charge in [-0.3, -0.25) is 9.59 Å². The van der Waals surface area contributed by atoms with Gasteiger partial charge in [0.25, 0.3) is 11.7 Å². The summed E-state index contributed by atoms with van der Waals surface area (Å²) in [6, 6.07) is 15.4. The first-order chi connectivity index (χ1) is 15.5. The van der Waals surface area contributed by atoms with Crippen molar-refractivity contribution in [2.75, 3.05) is 7.05 Å². The Kier molecular flexibility index (Phi) is 7.14.